The first-order valence-corrected chi connectivity index (χ1v) is 32.6. The molecule has 71 heavy (non-hydrogen) atoms. The molecule has 0 fully saturated rings. The summed E-state index contributed by atoms with van der Waals surface area (Å²) in [5, 5.41) is 33.6. The third-order valence-electron chi connectivity index (χ3n) is 15.5. The lowest BCUT2D eigenvalue weighted by Gasteiger charge is -2.21. The Hall–Kier alpha value is -1.17. The fourth-order valence-corrected chi connectivity index (χ4v) is 10.5. The van der Waals surface area contributed by atoms with Crippen molar-refractivity contribution in [2.45, 2.75) is 385 Å². The van der Waals surface area contributed by atoms with Crippen molar-refractivity contribution in [3.05, 3.63) is 24.3 Å². The molecule has 0 aromatic carbocycles. The Morgan fingerprint density at radius 3 is 0.901 bits per heavy atom. The van der Waals surface area contributed by atoms with Crippen LogP contribution in [0.3, 0.4) is 0 Å². The molecule has 0 spiro atoms. The lowest BCUT2D eigenvalue weighted by atomic mass is 10.0. The van der Waals surface area contributed by atoms with Gasteiger partial charge in [-0.05, 0) is 32.1 Å². The Labute approximate surface area is 445 Å². The number of unbranched alkanes of at least 4 members (excludes halogenated alkanes) is 50. The van der Waals surface area contributed by atoms with Crippen LogP contribution in [0.25, 0.3) is 0 Å². The van der Waals surface area contributed by atoms with Gasteiger partial charge in [-0.25, -0.2) is 0 Å². The van der Waals surface area contributed by atoms with Crippen molar-refractivity contribution >= 4 is 5.91 Å². The summed E-state index contributed by atoms with van der Waals surface area (Å²) in [5.41, 5.74) is 0. The summed E-state index contributed by atoms with van der Waals surface area (Å²) in [6, 6.07) is -0.760. The van der Waals surface area contributed by atoms with E-state index in [2.05, 4.69) is 31.3 Å². The first-order chi connectivity index (χ1) is 35.0. The van der Waals surface area contributed by atoms with Gasteiger partial charge in [0, 0.05) is 0 Å². The van der Waals surface area contributed by atoms with Crippen LogP contribution in [0.4, 0.5) is 0 Å². The number of carbonyl (C=O) groups is 1. The highest BCUT2D eigenvalue weighted by Gasteiger charge is 2.20. The highest BCUT2D eigenvalue weighted by atomic mass is 16.3. The third-order valence-corrected chi connectivity index (χ3v) is 15.5. The molecule has 0 rings (SSSR count). The molecule has 0 saturated heterocycles. The lowest BCUT2D eigenvalue weighted by Crippen LogP contribution is -2.45. The van der Waals surface area contributed by atoms with Crippen molar-refractivity contribution in [3.8, 4) is 0 Å². The second kappa shape index (κ2) is 61.4. The first-order valence-electron chi connectivity index (χ1n) is 32.6. The molecule has 422 valence electrons. The third kappa shape index (κ3) is 58.0. The largest absolute Gasteiger partial charge is 0.394 e. The highest BCUT2D eigenvalue weighted by Crippen LogP contribution is 2.19. The molecule has 0 bridgehead atoms. The Bertz CT molecular complexity index is 1060. The number of allylic oxidation sites excluding steroid dienone is 3. The van der Waals surface area contributed by atoms with Crippen LogP contribution in [0, 0.1) is 0 Å². The molecule has 3 unspecified atom stereocenters. The Morgan fingerprint density at radius 1 is 0.352 bits per heavy atom. The summed E-state index contributed by atoms with van der Waals surface area (Å²) < 4.78 is 0. The normalized spacial score (nSPS) is 13.3. The molecular formula is C66H129NO4. The van der Waals surface area contributed by atoms with Crippen LogP contribution in [0.15, 0.2) is 24.3 Å². The van der Waals surface area contributed by atoms with Gasteiger partial charge in [0.2, 0.25) is 5.91 Å². The molecule has 0 aliphatic heterocycles. The van der Waals surface area contributed by atoms with Crippen molar-refractivity contribution in [2.75, 3.05) is 6.61 Å². The molecule has 0 aliphatic carbocycles. The molecule has 0 aromatic rings. The van der Waals surface area contributed by atoms with E-state index < -0.39 is 18.2 Å². The van der Waals surface area contributed by atoms with Gasteiger partial charge in [0.25, 0.3) is 0 Å². The topological polar surface area (TPSA) is 89.8 Å². The summed E-state index contributed by atoms with van der Waals surface area (Å²) in [5.74, 6) is -0.317. The maximum atomic E-state index is 12.6. The maximum absolute atomic E-state index is 12.6. The second-order valence-electron chi connectivity index (χ2n) is 22.7. The molecule has 0 aromatic heterocycles. The van der Waals surface area contributed by atoms with Gasteiger partial charge < -0.3 is 20.6 Å². The zero-order chi connectivity index (χ0) is 51.4. The van der Waals surface area contributed by atoms with Crippen molar-refractivity contribution in [1.29, 1.82) is 0 Å². The maximum Gasteiger partial charge on any atom is 0.222 e. The molecule has 5 nitrogen and oxygen atoms in total. The SMILES string of the molecule is CCCCCCCCCCCCCCCCCCCCC/C=C/CC/C=C/C(O)C(CO)NC(=O)CC(O)CCCCCCCCCCCCCCCCCCCCCCCCCCCCCCCCC. The summed E-state index contributed by atoms with van der Waals surface area (Å²) >= 11 is 0. The molecule has 3 atom stereocenters. The minimum absolute atomic E-state index is 0.0107. The minimum Gasteiger partial charge on any atom is -0.394 e. The summed E-state index contributed by atoms with van der Waals surface area (Å²) in [6.45, 7) is 4.25. The molecular weight excluding hydrogens is 871 g/mol. The Balaban J connectivity index is 3.51. The van der Waals surface area contributed by atoms with Gasteiger partial charge in [0.05, 0.1) is 31.3 Å². The minimum atomic E-state index is -0.951. The van der Waals surface area contributed by atoms with E-state index in [1.165, 1.54) is 308 Å². The van der Waals surface area contributed by atoms with Gasteiger partial charge in [0.1, 0.15) is 0 Å². The number of amides is 1. The van der Waals surface area contributed by atoms with Crippen molar-refractivity contribution in [2.24, 2.45) is 0 Å². The smallest absolute Gasteiger partial charge is 0.222 e. The van der Waals surface area contributed by atoms with Crippen LogP contribution < -0.4 is 5.32 Å². The Kier molecular flexibility index (Phi) is 60.4. The molecule has 5 heteroatoms. The van der Waals surface area contributed by atoms with Gasteiger partial charge in [0.15, 0.2) is 0 Å². The van der Waals surface area contributed by atoms with Crippen LogP contribution in [0.1, 0.15) is 367 Å². The van der Waals surface area contributed by atoms with Crippen LogP contribution in [0.5, 0.6) is 0 Å². The van der Waals surface area contributed by atoms with E-state index in [1.54, 1.807) is 6.08 Å². The molecule has 0 heterocycles. The molecule has 0 radical (unpaired) electrons. The molecule has 0 aliphatic rings. The summed E-state index contributed by atoms with van der Waals surface area (Å²) in [6.07, 6.45) is 79.9. The van der Waals surface area contributed by atoms with E-state index in [4.69, 9.17) is 0 Å². The number of carbonyl (C=O) groups excluding carboxylic acids is 1. The van der Waals surface area contributed by atoms with Crippen molar-refractivity contribution in [1.82, 2.24) is 5.32 Å². The van der Waals surface area contributed by atoms with E-state index in [0.29, 0.717) is 6.42 Å². The van der Waals surface area contributed by atoms with E-state index in [9.17, 15) is 20.1 Å². The van der Waals surface area contributed by atoms with Gasteiger partial charge >= 0.3 is 0 Å². The lowest BCUT2D eigenvalue weighted by molar-refractivity contribution is -0.124. The summed E-state index contributed by atoms with van der Waals surface area (Å²) in [7, 11) is 0. The second-order valence-corrected chi connectivity index (χ2v) is 22.7. The number of nitrogens with one attached hydrogen (secondary N) is 1. The van der Waals surface area contributed by atoms with Gasteiger partial charge in [-0.3, -0.25) is 4.79 Å². The average molecular weight is 1000 g/mol. The van der Waals surface area contributed by atoms with E-state index in [-0.39, 0.29) is 18.9 Å². The first kappa shape index (κ1) is 69.8. The van der Waals surface area contributed by atoms with Crippen molar-refractivity contribution < 1.29 is 20.1 Å². The predicted molar refractivity (Wildman–Crippen MR) is 315 cm³/mol. The van der Waals surface area contributed by atoms with Crippen molar-refractivity contribution in [3.63, 3.8) is 0 Å². The fourth-order valence-electron chi connectivity index (χ4n) is 10.5. The van der Waals surface area contributed by atoms with E-state index >= 15 is 0 Å². The van der Waals surface area contributed by atoms with E-state index in [1.807, 2.05) is 6.08 Å². The quantitative estimate of drug-likeness (QED) is 0.0361. The zero-order valence-corrected chi connectivity index (χ0v) is 48.4. The summed E-state index contributed by atoms with van der Waals surface area (Å²) in [4.78, 5) is 12.6. The zero-order valence-electron chi connectivity index (χ0n) is 48.4. The number of hydrogen-bond donors (Lipinski definition) is 4. The average Bonchev–Trinajstić information content (AvgIpc) is 3.37. The number of hydrogen-bond acceptors (Lipinski definition) is 4. The van der Waals surface area contributed by atoms with E-state index in [0.717, 1.165) is 32.1 Å². The van der Waals surface area contributed by atoms with Gasteiger partial charge in [-0.15, -0.1) is 0 Å². The van der Waals surface area contributed by atoms with Crippen LogP contribution >= 0.6 is 0 Å². The number of aliphatic hydroxyl groups excluding tert-OH is 3. The fraction of sp³-hybridized carbons (Fsp3) is 0.924. The number of rotatable bonds is 61. The monoisotopic (exact) mass is 1000 g/mol. The standard InChI is InChI=1S/C66H129NO4/c1-3-5-7-9-11-13-15-17-19-21-23-25-27-29-30-31-32-33-34-36-37-39-41-43-45-47-49-51-53-55-57-59-63(69)61-66(71)67-64(62-68)65(70)60-58-56-54-52-50-48-46-44-42-40-38-35-28-26-24-22-20-18-16-14-12-10-8-6-4-2/h50,52,58,60,63-65,68-70H,3-49,51,53-57,59,61-62H2,1-2H3,(H,67,71)/b52-50+,60-58+. The van der Waals surface area contributed by atoms with Gasteiger partial charge in [-0.1, -0.05) is 353 Å². The van der Waals surface area contributed by atoms with Crippen LogP contribution in [0.2, 0.25) is 0 Å². The van der Waals surface area contributed by atoms with Gasteiger partial charge in [-0.2, -0.15) is 0 Å². The molecule has 0 saturated carbocycles. The van der Waals surface area contributed by atoms with Crippen LogP contribution in [-0.2, 0) is 4.79 Å². The highest BCUT2D eigenvalue weighted by molar-refractivity contribution is 5.76. The molecule has 4 N–H and O–H groups in total. The predicted octanol–water partition coefficient (Wildman–Crippen LogP) is 20.8. The number of aliphatic hydroxyl groups is 3. The molecule has 1 amide bonds. The van der Waals surface area contributed by atoms with Crippen LogP contribution in [-0.4, -0.2) is 46.1 Å². The Morgan fingerprint density at radius 2 is 0.606 bits per heavy atom.